The quantitative estimate of drug-likeness (QED) is 0.325. The molecule has 0 unspecified atom stereocenters. The van der Waals surface area contributed by atoms with Crippen LogP contribution in [0.2, 0.25) is 0 Å². The molecular weight excluding hydrogens is 469 g/mol. The van der Waals surface area contributed by atoms with Gasteiger partial charge in [0.25, 0.3) is 0 Å². The molecule has 0 aliphatic heterocycles. The molecule has 7 nitrogen and oxygen atoms in total. The third kappa shape index (κ3) is 4.27. The number of aromatic nitrogens is 5. The maximum absolute atomic E-state index is 13.1. The molecule has 5 rings (SSSR count). The average Bonchev–Trinajstić information content (AvgIpc) is 3.23. The molecule has 180 valence electrons. The Morgan fingerprint density at radius 3 is 2.56 bits per heavy atom. The van der Waals surface area contributed by atoms with E-state index in [0.717, 1.165) is 17.5 Å². The zero-order valence-corrected chi connectivity index (χ0v) is 19.2. The number of nitrogens with zero attached hydrogens (tertiary/aromatic N) is 5. The Morgan fingerprint density at radius 1 is 0.972 bits per heavy atom. The van der Waals surface area contributed by atoms with Crippen LogP contribution in [0, 0.1) is 11.8 Å². The van der Waals surface area contributed by atoms with Gasteiger partial charge in [0, 0.05) is 28.6 Å². The average molecular weight is 488 g/mol. The molecule has 2 aromatic carbocycles. The molecule has 0 radical (unpaired) electrons. The van der Waals surface area contributed by atoms with E-state index in [1.807, 2.05) is 19.9 Å². The number of halogens is 3. The standard InChI is InChI=1S/C26H19F3N6O/c1-15(2)35-24-22(23(30)32-14-33-24)21(34-35)10-9-16-5-3-8-20-19(16)11-12-31-25(20)36-18-7-4-6-17(13-18)26(27,28)29/h3-8,11-15H,1-2H3,(H2,30,32,33). The highest BCUT2D eigenvalue weighted by atomic mass is 19.4. The van der Waals surface area contributed by atoms with Crippen LogP contribution in [0.1, 0.15) is 36.7 Å². The van der Waals surface area contributed by atoms with Gasteiger partial charge in [-0.15, -0.1) is 0 Å². The first-order chi connectivity index (χ1) is 17.2. The summed E-state index contributed by atoms with van der Waals surface area (Å²) in [5.41, 5.74) is 6.99. The molecule has 36 heavy (non-hydrogen) atoms. The first-order valence-corrected chi connectivity index (χ1v) is 11.0. The van der Waals surface area contributed by atoms with Gasteiger partial charge in [0.15, 0.2) is 5.65 Å². The minimum atomic E-state index is -4.48. The van der Waals surface area contributed by atoms with E-state index < -0.39 is 11.7 Å². The maximum atomic E-state index is 13.1. The molecule has 3 aromatic heterocycles. The summed E-state index contributed by atoms with van der Waals surface area (Å²) in [6.45, 7) is 3.96. The summed E-state index contributed by atoms with van der Waals surface area (Å²) in [4.78, 5) is 12.6. The molecule has 0 saturated carbocycles. The second-order valence-corrected chi connectivity index (χ2v) is 8.24. The predicted octanol–water partition coefficient (Wildman–Crippen LogP) is 5.75. The summed E-state index contributed by atoms with van der Waals surface area (Å²) in [6, 6.07) is 11.8. The van der Waals surface area contributed by atoms with E-state index in [1.165, 1.54) is 24.7 Å². The lowest BCUT2D eigenvalue weighted by atomic mass is 10.1. The molecule has 0 saturated heterocycles. The lowest BCUT2D eigenvalue weighted by molar-refractivity contribution is -0.137. The fraction of sp³-hybridized carbons (Fsp3) is 0.154. The van der Waals surface area contributed by atoms with Crippen molar-refractivity contribution in [2.75, 3.05) is 5.73 Å². The van der Waals surface area contributed by atoms with Crippen molar-refractivity contribution in [1.29, 1.82) is 0 Å². The zero-order valence-electron chi connectivity index (χ0n) is 19.2. The van der Waals surface area contributed by atoms with Crippen LogP contribution in [0.25, 0.3) is 21.8 Å². The maximum Gasteiger partial charge on any atom is 0.416 e. The second-order valence-electron chi connectivity index (χ2n) is 8.24. The highest BCUT2D eigenvalue weighted by molar-refractivity contribution is 5.93. The molecule has 0 fully saturated rings. The first-order valence-electron chi connectivity index (χ1n) is 11.0. The minimum absolute atomic E-state index is 0.0301. The van der Waals surface area contributed by atoms with Gasteiger partial charge in [0.1, 0.15) is 23.6 Å². The molecule has 5 aromatic rings. The number of hydrogen-bond donors (Lipinski definition) is 1. The number of nitrogens with two attached hydrogens (primary N) is 1. The Balaban J connectivity index is 1.56. The molecule has 0 atom stereocenters. The summed E-state index contributed by atoms with van der Waals surface area (Å²) in [7, 11) is 0. The van der Waals surface area contributed by atoms with E-state index in [9.17, 15) is 13.2 Å². The molecule has 0 spiro atoms. The fourth-order valence-corrected chi connectivity index (χ4v) is 3.79. The van der Waals surface area contributed by atoms with Crippen molar-refractivity contribution in [3.63, 3.8) is 0 Å². The smallest absolute Gasteiger partial charge is 0.416 e. The van der Waals surface area contributed by atoms with E-state index >= 15 is 0 Å². The van der Waals surface area contributed by atoms with Gasteiger partial charge in [-0.05, 0) is 56.2 Å². The van der Waals surface area contributed by atoms with Crippen LogP contribution in [0.15, 0.2) is 61.1 Å². The lowest BCUT2D eigenvalue weighted by Gasteiger charge is -2.11. The van der Waals surface area contributed by atoms with Gasteiger partial charge in [0.2, 0.25) is 5.88 Å². The van der Waals surface area contributed by atoms with Crippen LogP contribution in [0.4, 0.5) is 19.0 Å². The van der Waals surface area contributed by atoms with Gasteiger partial charge in [-0.25, -0.2) is 19.6 Å². The van der Waals surface area contributed by atoms with Crippen molar-refractivity contribution in [2.45, 2.75) is 26.1 Å². The predicted molar refractivity (Wildman–Crippen MR) is 129 cm³/mol. The van der Waals surface area contributed by atoms with Crippen molar-refractivity contribution in [3.8, 4) is 23.5 Å². The molecule has 0 amide bonds. The van der Waals surface area contributed by atoms with Crippen molar-refractivity contribution < 1.29 is 17.9 Å². The Kier molecular flexibility index (Phi) is 5.68. The number of fused-ring (bicyclic) bond motifs is 2. The van der Waals surface area contributed by atoms with E-state index in [4.69, 9.17) is 10.5 Å². The van der Waals surface area contributed by atoms with Gasteiger partial charge in [-0.3, -0.25) is 0 Å². The zero-order chi connectivity index (χ0) is 25.4. The number of nitrogen functional groups attached to an aromatic ring is 1. The number of alkyl halides is 3. The SMILES string of the molecule is CC(C)n1nc(C#Cc2cccc3c(Oc4cccc(C(F)(F)F)c4)nccc23)c2c(N)ncnc21. The van der Waals surface area contributed by atoms with Crippen molar-refractivity contribution >= 4 is 27.6 Å². The highest BCUT2D eigenvalue weighted by Crippen LogP contribution is 2.34. The van der Waals surface area contributed by atoms with Crippen LogP contribution in [0.3, 0.4) is 0 Å². The van der Waals surface area contributed by atoms with Crippen molar-refractivity contribution in [3.05, 3.63) is 77.9 Å². The van der Waals surface area contributed by atoms with Crippen LogP contribution < -0.4 is 10.5 Å². The summed E-state index contributed by atoms with van der Waals surface area (Å²) in [5, 5.41) is 6.48. The normalized spacial score (nSPS) is 11.6. The Labute approximate surface area is 203 Å². The minimum Gasteiger partial charge on any atom is -0.438 e. The van der Waals surface area contributed by atoms with Gasteiger partial charge in [0.05, 0.1) is 10.9 Å². The van der Waals surface area contributed by atoms with Crippen molar-refractivity contribution in [1.82, 2.24) is 24.7 Å². The van der Waals surface area contributed by atoms with Crippen LogP contribution >= 0.6 is 0 Å². The molecule has 3 heterocycles. The molecule has 0 aliphatic carbocycles. The number of benzene rings is 2. The fourth-order valence-electron chi connectivity index (χ4n) is 3.79. The molecular formula is C26H19F3N6O. The highest BCUT2D eigenvalue weighted by Gasteiger charge is 2.30. The summed E-state index contributed by atoms with van der Waals surface area (Å²) in [6.07, 6.45) is -1.57. The molecule has 0 aliphatic rings. The third-order valence-corrected chi connectivity index (χ3v) is 5.47. The van der Waals surface area contributed by atoms with Crippen LogP contribution in [-0.2, 0) is 6.18 Å². The molecule has 10 heteroatoms. The number of ether oxygens (including phenoxy) is 1. The lowest BCUT2D eigenvalue weighted by Crippen LogP contribution is -2.04. The summed E-state index contributed by atoms with van der Waals surface area (Å²) in [5.74, 6) is 6.69. The van der Waals surface area contributed by atoms with Gasteiger partial charge in [-0.2, -0.15) is 18.3 Å². The Bertz CT molecular complexity index is 1660. The summed E-state index contributed by atoms with van der Waals surface area (Å²) < 4.78 is 46.8. The monoisotopic (exact) mass is 488 g/mol. The summed E-state index contributed by atoms with van der Waals surface area (Å²) >= 11 is 0. The van der Waals surface area contributed by atoms with Gasteiger partial charge in [-0.1, -0.05) is 18.1 Å². The first kappa shape index (κ1) is 23.1. The second kappa shape index (κ2) is 8.85. The topological polar surface area (TPSA) is 91.7 Å². The number of rotatable bonds is 3. The van der Waals surface area contributed by atoms with E-state index in [0.29, 0.717) is 27.7 Å². The van der Waals surface area contributed by atoms with Crippen LogP contribution in [-0.4, -0.2) is 24.7 Å². The van der Waals surface area contributed by atoms with Gasteiger partial charge >= 0.3 is 6.18 Å². The number of hydrogen-bond acceptors (Lipinski definition) is 6. The van der Waals surface area contributed by atoms with E-state index in [1.54, 1.807) is 22.9 Å². The largest absolute Gasteiger partial charge is 0.438 e. The van der Waals surface area contributed by atoms with Crippen LogP contribution in [0.5, 0.6) is 11.6 Å². The van der Waals surface area contributed by atoms with Gasteiger partial charge < -0.3 is 10.5 Å². The van der Waals surface area contributed by atoms with Crippen molar-refractivity contribution in [2.24, 2.45) is 0 Å². The van der Waals surface area contributed by atoms with E-state index in [-0.39, 0.29) is 23.5 Å². The molecule has 2 N–H and O–H groups in total. The molecule has 0 bridgehead atoms. The third-order valence-electron chi connectivity index (χ3n) is 5.47. The number of anilines is 1. The Morgan fingerprint density at radius 2 is 1.78 bits per heavy atom. The van der Waals surface area contributed by atoms with E-state index in [2.05, 4.69) is 31.9 Å². The Hall–Kier alpha value is -4.65. The number of pyridine rings is 1.